The van der Waals surface area contributed by atoms with Gasteiger partial charge in [-0.05, 0) is 31.0 Å². The van der Waals surface area contributed by atoms with Gasteiger partial charge >= 0.3 is 0 Å². The van der Waals surface area contributed by atoms with E-state index in [9.17, 15) is 5.11 Å². The Kier molecular flexibility index (Phi) is 5.47. The molecule has 1 aromatic rings. The molecular weight excluding hydrogens is 232 g/mol. The van der Waals surface area contributed by atoms with Crippen molar-refractivity contribution in [3.8, 4) is 0 Å². The third kappa shape index (κ3) is 4.03. The van der Waals surface area contributed by atoms with E-state index in [4.69, 9.17) is 16.7 Å². The number of halogens is 1. The van der Waals surface area contributed by atoms with Crippen LogP contribution in [0.3, 0.4) is 0 Å². The van der Waals surface area contributed by atoms with Crippen molar-refractivity contribution in [1.82, 2.24) is 0 Å². The second-order valence-electron chi connectivity index (χ2n) is 3.29. The lowest BCUT2D eigenvalue weighted by atomic mass is 10.1. The molecule has 0 amide bonds. The van der Waals surface area contributed by atoms with E-state index in [0.29, 0.717) is 5.02 Å². The monoisotopic (exact) mass is 246 g/mol. The van der Waals surface area contributed by atoms with Gasteiger partial charge in [0, 0.05) is 17.3 Å². The van der Waals surface area contributed by atoms with Crippen LogP contribution < -0.4 is 0 Å². The average Bonchev–Trinajstić information content (AvgIpc) is 2.20. The molecule has 1 atom stereocenters. The van der Waals surface area contributed by atoms with Crippen molar-refractivity contribution in [2.45, 2.75) is 24.3 Å². The molecule has 0 fully saturated rings. The summed E-state index contributed by atoms with van der Waals surface area (Å²) in [6.07, 6.45) is 0.276. The number of hydrogen-bond donors (Lipinski definition) is 2. The predicted octanol–water partition coefficient (Wildman–Crippen LogP) is 2.87. The van der Waals surface area contributed by atoms with Crippen LogP contribution in [0.1, 0.15) is 25.0 Å². The van der Waals surface area contributed by atoms with E-state index >= 15 is 0 Å². The van der Waals surface area contributed by atoms with Crippen molar-refractivity contribution in [3.05, 3.63) is 28.8 Å². The van der Waals surface area contributed by atoms with Gasteiger partial charge < -0.3 is 10.2 Å². The number of aliphatic hydroxyl groups is 2. The largest absolute Gasteiger partial charge is 0.396 e. The molecule has 0 aliphatic carbocycles. The fourth-order valence-corrected chi connectivity index (χ4v) is 2.35. The highest BCUT2D eigenvalue weighted by Crippen LogP contribution is 2.29. The molecule has 0 bridgehead atoms. The molecule has 0 aromatic heterocycles. The summed E-state index contributed by atoms with van der Waals surface area (Å²) in [6.45, 7) is 1.92. The first-order valence-electron chi connectivity index (χ1n) is 4.86. The van der Waals surface area contributed by atoms with Gasteiger partial charge in [0.05, 0.1) is 11.1 Å². The maximum atomic E-state index is 9.35. The van der Waals surface area contributed by atoms with Gasteiger partial charge in [-0.1, -0.05) is 17.7 Å². The minimum Gasteiger partial charge on any atom is -0.396 e. The molecule has 0 aliphatic rings. The molecule has 0 unspecified atom stereocenters. The van der Waals surface area contributed by atoms with Crippen LogP contribution in [-0.2, 0) is 0 Å². The quantitative estimate of drug-likeness (QED) is 0.620. The second kappa shape index (κ2) is 6.38. The van der Waals surface area contributed by atoms with Crippen LogP contribution in [0.4, 0.5) is 0 Å². The zero-order valence-electron chi connectivity index (χ0n) is 8.61. The van der Waals surface area contributed by atoms with E-state index in [0.717, 1.165) is 22.6 Å². The Hall–Kier alpha value is -0.220. The fraction of sp³-hybridized carbons (Fsp3) is 0.455. The molecule has 1 rings (SSSR count). The molecule has 0 spiro atoms. The summed E-state index contributed by atoms with van der Waals surface area (Å²) in [6, 6.07) is 5.57. The maximum absolute atomic E-state index is 9.35. The Bertz CT molecular complexity index is 315. The third-order valence-electron chi connectivity index (χ3n) is 2.00. The number of thioether (sulfide) groups is 1. The highest BCUT2D eigenvalue weighted by atomic mass is 35.5. The van der Waals surface area contributed by atoms with Crippen molar-refractivity contribution >= 4 is 23.4 Å². The van der Waals surface area contributed by atoms with Crippen molar-refractivity contribution in [2.75, 3.05) is 12.4 Å². The molecule has 0 radical (unpaired) electrons. The number of rotatable bonds is 5. The summed E-state index contributed by atoms with van der Waals surface area (Å²) in [5, 5.41) is 18.7. The van der Waals surface area contributed by atoms with Crippen LogP contribution in [0.2, 0.25) is 5.02 Å². The normalized spacial score (nSPS) is 12.8. The maximum Gasteiger partial charge on any atom is 0.0762 e. The summed E-state index contributed by atoms with van der Waals surface area (Å²) >= 11 is 7.68. The lowest BCUT2D eigenvalue weighted by molar-refractivity contribution is 0.199. The molecule has 15 heavy (non-hydrogen) atoms. The Morgan fingerprint density at radius 3 is 2.73 bits per heavy atom. The number of aliphatic hydroxyl groups excluding tert-OH is 2. The van der Waals surface area contributed by atoms with Crippen LogP contribution in [0.15, 0.2) is 23.1 Å². The van der Waals surface area contributed by atoms with Gasteiger partial charge in [0.25, 0.3) is 0 Å². The van der Waals surface area contributed by atoms with Crippen LogP contribution in [0.5, 0.6) is 0 Å². The SMILES string of the molecule is C[C@@H](O)c1ccc(SCCCO)c(Cl)c1. The van der Waals surface area contributed by atoms with Gasteiger partial charge in [0.1, 0.15) is 0 Å². The lowest BCUT2D eigenvalue weighted by Gasteiger charge is -2.08. The van der Waals surface area contributed by atoms with E-state index in [1.54, 1.807) is 24.8 Å². The molecule has 2 nitrogen and oxygen atoms in total. The van der Waals surface area contributed by atoms with Gasteiger partial charge in [-0.15, -0.1) is 11.8 Å². The average molecular weight is 247 g/mol. The molecule has 0 aliphatic heterocycles. The smallest absolute Gasteiger partial charge is 0.0762 e. The fourth-order valence-electron chi connectivity index (χ4n) is 1.14. The first-order valence-corrected chi connectivity index (χ1v) is 6.22. The Morgan fingerprint density at radius 1 is 1.47 bits per heavy atom. The summed E-state index contributed by atoms with van der Waals surface area (Å²) < 4.78 is 0. The minimum absolute atomic E-state index is 0.205. The van der Waals surface area contributed by atoms with Crippen LogP contribution >= 0.6 is 23.4 Å². The molecule has 1 aromatic carbocycles. The van der Waals surface area contributed by atoms with Crippen LogP contribution in [0, 0.1) is 0 Å². The van der Waals surface area contributed by atoms with Gasteiger partial charge in [-0.3, -0.25) is 0 Å². The molecule has 2 N–H and O–H groups in total. The van der Waals surface area contributed by atoms with E-state index < -0.39 is 6.10 Å². The van der Waals surface area contributed by atoms with Crippen molar-refractivity contribution in [3.63, 3.8) is 0 Å². The first-order chi connectivity index (χ1) is 7.15. The Balaban J connectivity index is 2.66. The van der Waals surface area contributed by atoms with E-state index in [1.807, 2.05) is 12.1 Å². The standard InChI is InChI=1S/C11H15ClO2S/c1-8(14)9-3-4-11(10(12)7-9)15-6-2-5-13/h3-4,7-8,13-14H,2,5-6H2,1H3/t8-/m1/s1. The van der Waals surface area contributed by atoms with Gasteiger partial charge in [-0.25, -0.2) is 0 Å². The molecule has 84 valence electrons. The number of benzene rings is 1. The van der Waals surface area contributed by atoms with E-state index in [2.05, 4.69) is 0 Å². The van der Waals surface area contributed by atoms with Crippen molar-refractivity contribution in [1.29, 1.82) is 0 Å². The van der Waals surface area contributed by atoms with Crippen molar-refractivity contribution < 1.29 is 10.2 Å². The zero-order valence-corrected chi connectivity index (χ0v) is 10.2. The molecule has 0 saturated carbocycles. The first kappa shape index (κ1) is 12.8. The molecule has 4 heteroatoms. The highest BCUT2D eigenvalue weighted by molar-refractivity contribution is 7.99. The molecule has 0 heterocycles. The summed E-state index contributed by atoms with van der Waals surface area (Å²) in [5.41, 5.74) is 0.825. The summed E-state index contributed by atoms with van der Waals surface area (Å²) in [7, 11) is 0. The topological polar surface area (TPSA) is 40.5 Å². The van der Waals surface area contributed by atoms with Gasteiger partial charge in [0.2, 0.25) is 0 Å². The van der Waals surface area contributed by atoms with E-state index in [-0.39, 0.29) is 6.61 Å². The summed E-state index contributed by atoms with van der Waals surface area (Å²) in [4.78, 5) is 0.995. The van der Waals surface area contributed by atoms with Gasteiger partial charge in [-0.2, -0.15) is 0 Å². The van der Waals surface area contributed by atoms with Crippen LogP contribution in [0.25, 0.3) is 0 Å². The number of hydrogen-bond acceptors (Lipinski definition) is 3. The highest BCUT2D eigenvalue weighted by Gasteiger charge is 2.05. The zero-order chi connectivity index (χ0) is 11.3. The van der Waals surface area contributed by atoms with Gasteiger partial charge in [0.15, 0.2) is 0 Å². The third-order valence-corrected chi connectivity index (χ3v) is 3.58. The Labute approximate surface area is 99.3 Å². The molecule has 0 saturated heterocycles. The minimum atomic E-state index is -0.487. The second-order valence-corrected chi connectivity index (χ2v) is 4.84. The van der Waals surface area contributed by atoms with E-state index in [1.165, 1.54) is 0 Å². The van der Waals surface area contributed by atoms with Crippen molar-refractivity contribution in [2.24, 2.45) is 0 Å². The lowest BCUT2D eigenvalue weighted by Crippen LogP contribution is -1.91. The van der Waals surface area contributed by atoms with Crippen LogP contribution in [-0.4, -0.2) is 22.6 Å². The Morgan fingerprint density at radius 2 is 2.20 bits per heavy atom. The molecular formula is C11H15ClO2S. The predicted molar refractivity (Wildman–Crippen MR) is 64.5 cm³/mol. The summed E-state index contributed by atoms with van der Waals surface area (Å²) in [5.74, 6) is 0.851.